The number of hydrogen-bond acceptors (Lipinski definition) is 7. The number of oxazole rings is 1. The molecule has 0 radical (unpaired) electrons. The molecule has 10 heteroatoms. The molecule has 0 spiro atoms. The molecule has 3 aromatic rings. The second-order valence-corrected chi connectivity index (χ2v) is 8.40. The van der Waals surface area contributed by atoms with Crippen LogP contribution in [0.4, 0.5) is 5.69 Å². The molecule has 2 N–H and O–H groups in total. The molecule has 0 fully saturated rings. The van der Waals surface area contributed by atoms with Crippen molar-refractivity contribution in [2.24, 2.45) is 5.10 Å². The van der Waals surface area contributed by atoms with E-state index in [1.165, 1.54) is 12.1 Å². The van der Waals surface area contributed by atoms with E-state index in [4.69, 9.17) is 9.15 Å². The van der Waals surface area contributed by atoms with Crippen LogP contribution in [0.2, 0.25) is 0 Å². The van der Waals surface area contributed by atoms with E-state index < -0.39 is 0 Å². The molecule has 186 valence electrons. The van der Waals surface area contributed by atoms with Gasteiger partial charge in [0.05, 0.1) is 6.54 Å². The highest BCUT2D eigenvalue weighted by Crippen LogP contribution is 2.24. The summed E-state index contributed by atoms with van der Waals surface area (Å²) in [7, 11) is 1.52. The van der Waals surface area contributed by atoms with Crippen LogP contribution in [0.1, 0.15) is 29.9 Å². The van der Waals surface area contributed by atoms with Crippen molar-refractivity contribution in [2.75, 3.05) is 19.0 Å². The summed E-state index contributed by atoms with van der Waals surface area (Å²) in [5.74, 6) is 0.776. The molecule has 0 saturated heterocycles. The van der Waals surface area contributed by atoms with Crippen molar-refractivity contribution in [1.82, 2.24) is 15.3 Å². The lowest BCUT2D eigenvalue weighted by Gasteiger charge is -2.18. The van der Waals surface area contributed by atoms with Gasteiger partial charge in [0.1, 0.15) is 22.9 Å². The van der Waals surface area contributed by atoms with Crippen LogP contribution in [-0.2, 0) is 20.9 Å². The molecule has 1 aromatic heterocycles. The Kier molecular flexibility index (Phi) is 7.43. The molecule has 3 amide bonds. The van der Waals surface area contributed by atoms with Crippen LogP contribution < -0.4 is 15.4 Å². The predicted octanol–water partition coefficient (Wildman–Crippen LogP) is 3.20. The molecule has 2 heterocycles. The highest BCUT2D eigenvalue weighted by Gasteiger charge is 2.22. The van der Waals surface area contributed by atoms with Gasteiger partial charge in [-0.05, 0) is 44.2 Å². The molecule has 2 aromatic carbocycles. The third-order valence-corrected chi connectivity index (χ3v) is 5.56. The second-order valence-electron chi connectivity index (χ2n) is 8.40. The molecule has 0 aliphatic carbocycles. The van der Waals surface area contributed by atoms with Gasteiger partial charge >= 0.3 is 0 Å². The standard InChI is InChI=1S/C26H27N5O5/c1-16-7-9-20(10-8-16)35-15-23(32)28-19-6-4-5-18(13-19)26-29-22(17(2)36-26)14-27-25(34)21-11-12-24(33)31(3)30-21/h4-10,13H,11-12,14-15H2,1-3H3,(H,27,34)(H,28,32). The third kappa shape index (κ3) is 6.15. The van der Waals surface area contributed by atoms with Crippen LogP contribution >= 0.6 is 0 Å². The van der Waals surface area contributed by atoms with E-state index in [9.17, 15) is 14.4 Å². The lowest BCUT2D eigenvalue weighted by atomic mass is 10.1. The van der Waals surface area contributed by atoms with Gasteiger partial charge in [0.2, 0.25) is 11.8 Å². The van der Waals surface area contributed by atoms with Gasteiger partial charge in [-0.25, -0.2) is 9.99 Å². The van der Waals surface area contributed by atoms with Crippen LogP contribution in [0.3, 0.4) is 0 Å². The molecule has 1 aliphatic heterocycles. The average molecular weight is 490 g/mol. The molecule has 10 nitrogen and oxygen atoms in total. The predicted molar refractivity (Wildman–Crippen MR) is 133 cm³/mol. The highest BCUT2D eigenvalue weighted by molar-refractivity contribution is 6.39. The minimum absolute atomic E-state index is 0.121. The molecule has 0 atom stereocenters. The first-order chi connectivity index (χ1) is 17.3. The summed E-state index contributed by atoms with van der Waals surface area (Å²) < 4.78 is 11.3. The Labute approximate surface area is 208 Å². The maximum atomic E-state index is 12.4. The molecule has 1 aliphatic rings. The number of anilines is 1. The van der Waals surface area contributed by atoms with Gasteiger partial charge in [0.15, 0.2) is 6.61 Å². The minimum Gasteiger partial charge on any atom is -0.484 e. The molecule has 0 unspecified atom stereocenters. The Balaban J connectivity index is 1.35. The fourth-order valence-corrected chi connectivity index (χ4v) is 3.52. The number of hydrazone groups is 1. The van der Waals surface area contributed by atoms with E-state index in [-0.39, 0.29) is 37.3 Å². The fourth-order valence-electron chi connectivity index (χ4n) is 3.52. The van der Waals surface area contributed by atoms with Crippen LogP contribution in [0.5, 0.6) is 5.75 Å². The van der Waals surface area contributed by atoms with Crippen molar-refractivity contribution < 1.29 is 23.5 Å². The lowest BCUT2D eigenvalue weighted by molar-refractivity contribution is -0.130. The molecule has 4 rings (SSSR count). The zero-order valence-electron chi connectivity index (χ0n) is 20.3. The van der Waals surface area contributed by atoms with Gasteiger partial charge in [0.25, 0.3) is 11.8 Å². The first-order valence-electron chi connectivity index (χ1n) is 11.5. The van der Waals surface area contributed by atoms with Crippen molar-refractivity contribution in [3.8, 4) is 17.2 Å². The van der Waals surface area contributed by atoms with E-state index in [2.05, 4.69) is 20.7 Å². The first-order valence-corrected chi connectivity index (χ1v) is 11.5. The zero-order chi connectivity index (χ0) is 25.7. The number of nitrogens with one attached hydrogen (secondary N) is 2. The zero-order valence-corrected chi connectivity index (χ0v) is 20.3. The van der Waals surface area contributed by atoms with Crippen LogP contribution in [-0.4, -0.2) is 47.1 Å². The summed E-state index contributed by atoms with van der Waals surface area (Å²) >= 11 is 0. The number of carbonyl (C=O) groups excluding carboxylic acids is 3. The van der Waals surface area contributed by atoms with Gasteiger partial charge in [-0.3, -0.25) is 14.4 Å². The second kappa shape index (κ2) is 10.9. The smallest absolute Gasteiger partial charge is 0.267 e. The topological polar surface area (TPSA) is 126 Å². The molecular formula is C26H27N5O5. The van der Waals surface area contributed by atoms with Crippen molar-refractivity contribution >= 4 is 29.1 Å². The van der Waals surface area contributed by atoms with Crippen LogP contribution in [0, 0.1) is 13.8 Å². The van der Waals surface area contributed by atoms with E-state index in [0.29, 0.717) is 46.5 Å². The summed E-state index contributed by atoms with van der Waals surface area (Å²) in [6, 6.07) is 14.6. The van der Waals surface area contributed by atoms with E-state index >= 15 is 0 Å². The summed E-state index contributed by atoms with van der Waals surface area (Å²) in [4.78, 5) is 40.8. The van der Waals surface area contributed by atoms with Crippen LogP contribution in [0.15, 0.2) is 58.0 Å². The monoisotopic (exact) mass is 489 g/mol. The number of aryl methyl sites for hydroxylation is 2. The number of rotatable bonds is 8. The maximum absolute atomic E-state index is 12.4. The Morgan fingerprint density at radius 2 is 1.89 bits per heavy atom. The quantitative estimate of drug-likeness (QED) is 0.500. The number of aromatic nitrogens is 1. The van der Waals surface area contributed by atoms with Gasteiger partial charge < -0.3 is 19.8 Å². The van der Waals surface area contributed by atoms with Crippen LogP contribution in [0.25, 0.3) is 11.5 Å². The maximum Gasteiger partial charge on any atom is 0.267 e. The Bertz CT molecular complexity index is 1310. The summed E-state index contributed by atoms with van der Waals surface area (Å²) in [6.45, 7) is 3.77. The van der Waals surface area contributed by atoms with Crippen molar-refractivity contribution in [1.29, 1.82) is 0 Å². The third-order valence-electron chi connectivity index (χ3n) is 5.56. The van der Waals surface area contributed by atoms with E-state index in [1.54, 1.807) is 25.1 Å². The Morgan fingerprint density at radius 1 is 1.11 bits per heavy atom. The molecule has 0 saturated carbocycles. The van der Waals surface area contributed by atoms with E-state index in [1.807, 2.05) is 37.3 Å². The van der Waals surface area contributed by atoms with Gasteiger partial charge in [-0.2, -0.15) is 5.10 Å². The Morgan fingerprint density at radius 3 is 2.64 bits per heavy atom. The molecular weight excluding hydrogens is 462 g/mol. The Hall–Kier alpha value is -4.47. The van der Waals surface area contributed by atoms with Gasteiger partial charge in [-0.1, -0.05) is 23.8 Å². The summed E-state index contributed by atoms with van der Waals surface area (Å²) in [5, 5.41) is 10.8. The number of ether oxygens (including phenoxy) is 1. The largest absolute Gasteiger partial charge is 0.484 e. The number of hydrogen-bond donors (Lipinski definition) is 2. The fraction of sp³-hybridized carbons (Fsp3) is 0.269. The highest BCUT2D eigenvalue weighted by atomic mass is 16.5. The van der Waals surface area contributed by atoms with Gasteiger partial charge in [0, 0.05) is 31.1 Å². The molecule has 0 bridgehead atoms. The normalized spacial score (nSPS) is 13.2. The average Bonchev–Trinajstić information content (AvgIpc) is 3.24. The SMILES string of the molecule is Cc1ccc(OCC(=O)Nc2cccc(-c3nc(CNC(=O)C4=NN(C)C(=O)CC4)c(C)o3)c2)cc1. The number of amides is 3. The number of nitrogens with zero attached hydrogens (tertiary/aromatic N) is 3. The van der Waals surface area contributed by atoms with Crippen molar-refractivity contribution in [2.45, 2.75) is 33.2 Å². The summed E-state index contributed by atoms with van der Waals surface area (Å²) in [6.07, 6.45) is 0.549. The minimum atomic E-state index is -0.351. The lowest BCUT2D eigenvalue weighted by Crippen LogP contribution is -2.37. The number of carbonyl (C=O) groups is 3. The van der Waals surface area contributed by atoms with Crippen molar-refractivity contribution in [3.63, 3.8) is 0 Å². The summed E-state index contributed by atoms with van der Waals surface area (Å²) in [5.41, 5.74) is 3.22. The van der Waals surface area contributed by atoms with Gasteiger partial charge in [-0.15, -0.1) is 0 Å². The van der Waals surface area contributed by atoms with Crippen molar-refractivity contribution in [3.05, 3.63) is 65.5 Å². The molecule has 36 heavy (non-hydrogen) atoms. The first kappa shape index (κ1) is 24.6. The van der Waals surface area contributed by atoms with E-state index in [0.717, 1.165) is 5.56 Å². The number of benzene rings is 2.